The summed E-state index contributed by atoms with van der Waals surface area (Å²) in [6.45, 7) is 6.93. The van der Waals surface area contributed by atoms with Gasteiger partial charge < -0.3 is 10.1 Å². The van der Waals surface area contributed by atoms with Crippen LogP contribution in [0.4, 0.5) is 0 Å². The minimum Gasteiger partial charge on any atom is -0.376 e. The van der Waals surface area contributed by atoms with Crippen LogP contribution >= 0.6 is 0 Å². The van der Waals surface area contributed by atoms with Gasteiger partial charge in [0.15, 0.2) is 0 Å². The molecule has 2 saturated heterocycles. The second-order valence-corrected chi connectivity index (χ2v) is 5.54. The van der Waals surface area contributed by atoms with Crippen LogP contribution in [-0.4, -0.2) is 25.3 Å². The maximum Gasteiger partial charge on any atom is 0.0553 e. The van der Waals surface area contributed by atoms with Crippen LogP contribution in [0.1, 0.15) is 46.0 Å². The SMILES string of the molecule is C[C@@H]1CC(CC2CCCNC2)C[C@H](C)O1. The smallest absolute Gasteiger partial charge is 0.0553 e. The molecule has 2 nitrogen and oxygen atoms in total. The van der Waals surface area contributed by atoms with Gasteiger partial charge in [0.1, 0.15) is 0 Å². The molecule has 1 N–H and O–H groups in total. The first-order chi connectivity index (χ1) is 7.24. The van der Waals surface area contributed by atoms with Gasteiger partial charge in [0.25, 0.3) is 0 Å². The molecular formula is C13H25NO. The average molecular weight is 211 g/mol. The van der Waals surface area contributed by atoms with Crippen LogP contribution in [0.15, 0.2) is 0 Å². The standard InChI is InChI=1S/C13H25NO/c1-10-6-13(7-11(2)15-10)8-12-4-3-5-14-9-12/h10-14H,3-9H2,1-2H3/t10-,11+,12?,13?. The zero-order valence-corrected chi connectivity index (χ0v) is 10.2. The van der Waals surface area contributed by atoms with Crippen LogP contribution in [-0.2, 0) is 4.74 Å². The third kappa shape index (κ3) is 3.46. The second kappa shape index (κ2) is 5.31. The molecule has 0 saturated carbocycles. The van der Waals surface area contributed by atoms with Gasteiger partial charge in [-0.1, -0.05) is 0 Å². The Bertz CT molecular complexity index is 179. The molecular weight excluding hydrogens is 186 g/mol. The molecule has 0 aliphatic carbocycles. The van der Waals surface area contributed by atoms with E-state index in [-0.39, 0.29) is 0 Å². The molecule has 4 atom stereocenters. The maximum atomic E-state index is 5.79. The van der Waals surface area contributed by atoms with Crippen LogP contribution < -0.4 is 5.32 Å². The van der Waals surface area contributed by atoms with Gasteiger partial charge in [-0.05, 0) is 70.9 Å². The first-order valence-electron chi connectivity index (χ1n) is 6.60. The fourth-order valence-electron chi connectivity index (χ4n) is 3.33. The highest BCUT2D eigenvalue weighted by Crippen LogP contribution is 2.31. The molecule has 15 heavy (non-hydrogen) atoms. The fourth-order valence-corrected chi connectivity index (χ4v) is 3.33. The van der Waals surface area contributed by atoms with E-state index in [0.29, 0.717) is 12.2 Å². The Hall–Kier alpha value is -0.0800. The van der Waals surface area contributed by atoms with E-state index >= 15 is 0 Å². The molecule has 0 aromatic rings. The summed E-state index contributed by atoms with van der Waals surface area (Å²) in [5.41, 5.74) is 0. The Balaban J connectivity index is 1.77. The number of piperidine rings is 1. The van der Waals surface area contributed by atoms with Crippen LogP contribution in [0.5, 0.6) is 0 Å². The topological polar surface area (TPSA) is 21.3 Å². The fraction of sp³-hybridized carbons (Fsp3) is 1.00. The molecule has 2 unspecified atom stereocenters. The minimum absolute atomic E-state index is 0.482. The van der Waals surface area contributed by atoms with E-state index in [1.807, 2.05) is 0 Å². The number of hydrogen-bond donors (Lipinski definition) is 1. The molecule has 2 aliphatic heterocycles. The summed E-state index contributed by atoms with van der Waals surface area (Å²) in [5.74, 6) is 1.84. The summed E-state index contributed by atoms with van der Waals surface area (Å²) in [7, 11) is 0. The lowest BCUT2D eigenvalue weighted by Gasteiger charge is -2.35. The van der Waals surface area contributed by atoms with Gasteiger partial charge in [-0.25, -0.2) is 0 Å². The summed E-state index contributed by atoms with van der Waals surface area (Å²) >= 11 is 0. The second-order valence-electron chi connectivity index (χ2n) is 5.54. The molecule has 0 aromatic heterocycles. The summed E-state index contributed by atoms with van der Waals surface area (Å²) in [5, 5.41) is 3.52. The zero-order chi connectivity index (χ0) is 10.7. The van der Waals surface area contributed by atoms with Crippen LogP contribution in [0.25, 0.3) is 0 Å². The van der Waals surface area contributed by atoms with E-state index < -0.39 is 0 Å². The van der Waals surface area contributed by atoms with Crippen molar-refractivity contribution in [1.82, 2.24) is 5.32 Å². The Morgan fingerprint density at radius 2 is 1.87 bits per heavy atom. The molecule has 2 heteroatoms. The predicted molar refractivity (Wildman–Crippen MR) is 62.9 cm³/mol. The number of rotatable bonds is 2. The quantitative estimate of drug-likeness (QED) is 0.758. The van der Waals surface area contributed by atoms with Crippen molar-refractivity contribution in [3.05, 3.63) is 0 Å². The first kappa shape index (κ1) is 11.4. The molecule has 0 bridgehead atoms. The highest BCUT2D eigenvalue weighted by molar-refractivity contribution is 4.78. The molecule has 0 radical (unpaired) electrons. The molecule has 2 fully saturated rings. The largest absolute Gasteiger partial charge is 0.376 e. The van der Waals surface area contributed by atoms with E-state index in [1.54, 1.807) is 0 Å². The third-order valence-corrected chi connectivity index (χ3v) is 3.86. The summed E-state index contributed by atoms with van der Waals surface area (Å²) in [6, 6.07) is 0. The van der Waals surface area contributed by atoms with Gasteiger partial charge in [0.05, 0.1) is 12.2 Å². The molecule has 0 spiro atoms. The van der Waals surface area contributed by atoms with Crippen molar-refractivity contribution in [2.24, 2.45) is 11.8 Å². The van der Waals surface area contributed by atoms with Crippen molar-refractivity contribution in [2.45, 2.75) is 58.2 Å². The van der Waals surface area contributed by atoms with Gasteiger partial charge in [0.2, 0.25) is 0 Å². The molecule has 2 aliphatic rings. The lowest BCUT2D eigenvalue weighted by atomic mass is 9.82. The third-order valence-electron chi connectivity index (χ3n) is 3.86. The molecule has 0 aromatic carbocycles. The minimum atomic E-state index is 0.482. The van der Waals surface area contributed by atoms with Gasteiger partial charge in [0, 0.05) is 0 Å². The Kier molecular flexibility index (Phi) is 4.04. The first-order valence-corrected chi connectivity index (χ1v) is 6.60. The highest BCUT2D eigenvalue weighted by atomic mass is 16.5. The molecule has 2 rings (SSSR count). The average Bonchev–Trinajstić information content (AvgIpc) is 2.17. The molecule has 0 amide bonds. The maximum absolute atomic E-state index is 5.79. The monoisotopic (exact) mass is 211 g/mol. The van der Waals surface area contributed by atoms with Crippen molar-refractivity contribution in [3.8, 4) is 0 Å². The Labute approximate surface area is 93.8 Å². The summed E-state index contributed by atoms with van der Waals surface area (Å²) < 4.78 is 5.79. The van der Waals surface area contributed by atoms with Gasteiger partial charge >= 0.3 is 0 Å². The predicted octanol–water partition coefficient (Wildman–Crippen LogP) is 2.58. The number of ether oxygens (including phenoxy) is 1. The lowest BCUT2D eigenvalue weighted by molar-refractivity contribution is -0.0564. The molecule has 88 valence electrons. The molecule has 2 heterocycles. The Morgan fingerprint density at radius 1 is 1.13 bits per heavy atom. The highest BCUT2D eigenvalue weighted by Gasteiger charge is 2.27. The van der Waals surface area contributed by atoms with Crippen molar-refractivity contribution in [2.75, 3.05) is 13.1 Å². The van der Waals surface area contributed by atoms with Gasteiger partial charge in [-0.3, -0.25) is 0 Å². The van der Waals surface area contributed by atoms with Crippen molar-refractivity contribution in [3.63, 3.8) is 0 Å². The van der Waals surface area contributed by atoms with Crippen LogP contribution in [0.3, 0.4) is 0 Å². The zero-order valence-electron chi connectivity index (χ0n) is 10.2. The van der Waals surface area contributed by atoms with E-state index in [2.05, 4.69) is 19.2 Å². The van der Waals surface area contributed by atoms with Gasteiger partial charge in [-0.15, -0.1) is 0 Å². The van der Waals surface area contributed by atoms with Crippen molar-refractivity contribution < 1.29 is 4.74 Å². The van der Waals surface area contributed by atoms with Crippen LogP contribution in [0.2, 0.25) is 0 Å². The number of nitrogens with one attached hydrogen (secondary N) is 1. The van der Waals surface area contributed by atoms with E-state index in [9.17, 15) is 0 Å². The van der Waals surface area contributed by atoms with Gasteiger partial charge in [-0.2, -0.15) is 0 Å². The van der Waals surface area contributed by atoms with E-state index in [1.165, 1.54) is 45.2 Å². The van der Waals surface area contributed by atoms with E-state index in [4.69, 9.17) is 4.74 Å². The summed E-state index contributed by atoms with van der Waals surface area (Å²) in [6.07, 6.45) is 7.75. The van der Waals surface area contributed by atoms with Crippen molar-refractivity contribution >= 4 is 0 Å². The van der Waals surface area contributed by atoms with E-state index in [0.717, 1.165) is 11.8 Å². The van der Waals surface area contributed by atoms with Crippen molar-refractivity contribution in [1.29, 1.82) is 0 Å². The van der Waals surface area contributed by atoms with Crippen LogP contribution in [0, 0.1) is 11.8 Å². The summed E-state index contributed by atoms with van der Waals surface area (Å²) in [4.78, 5) is 0. The lowest BCUT2D eigenvalue weighted by Crippen LogP contribution is -2.34. The number of hydrogen-bond acceptors (Lipinski definition) is 2. The Morgan fingerprint density at radius 3 is 2.47 bits per heavy atom. The normalized spacial score (nSPS) is 42.8.